The zero-order chi connectivity index (χ0) is 19.7. The second-order valence-electron chi connectivity index (χ2n) is 5.35. The van der Waals surface area contributed by atoms with Crippen molar-refractivity contribution in [3.63, 3.8) is 0 Å². The van der Waals surface area contributed by atoms with Crippen molar-refractivity contribution in [1.29, 1.82) is 0 Å². The van der Waals surface area contributed by atoms with Crippen molar-refractivity contribution in [1.82, 2.24) is 9.78 Å². The molecule has 0 bridgehead atoms. The van der Waals surface area contributed by atoms with E-state index in [1.54, 1.807) is 0 Å². The molecular weight excluding hydrogens is 380 g/mol. The number of nitro groups is 2. The van der Waals surface area contributed by atoms with Gasteiger partial charge in [0.1, 0.15) is 11.4 Å². The third-order valence-corrected chi connectivity index (χ3v) is 3.90. The normalized spacial score (nSPS) is 10.6. The number of carbonyl (C=O) groups is 1. The molecule has 1 aromatic heterocycles. The first kappa shape index (κ1) is 18.0. The summed E-state index contributed by atoms with van der Waals surface area (Å²) in [6.07, 6.45) is 2.38. The lowest BCUT2D eigenvalue weighted by Gasteiger charge is -2.03. The fourth-order valence-electron chi connectivity index (χ4n) is 2.38. The average molecular weight is 389 g/mol. The van der Waals surface area contributed by atoms with Gasteiger partial charge in [-0.25, -0.2) is 4.68 Å². The molecule has 0 unspecified atom stereocenters. The molecule has 3 rings (SSSR count). The first-order chi connectivity index (χ1) is 12.8. The summed E-state index contributed by atoms with van der Waals surface area (Å²) in [6.45, 7) is 0. The van der Waals surface area contributed by atoms with E-state index in [9.17, 15) is 30.1 Å². The van der Waals surface area contributed by atoms with Crippen LogP contribution in [-0.4, -0.2) is 30.5 Å². The second-order valence-corrected chi connectivity index (χ2v) is 5.79. The van der Waals surface area contributed by atoms with Crippen LogP contribution in [-0.2, 0) is 0 Å². The Hall–Kier alpha value is -3.79. The highest BCUT2D eigenvalue weighted by molar-refractivity contribution is 6.31. The largest absolute Gasteiger partial charge is 0.507 e. The van der Waals surface area contributed by atoms with Crippen LogP contribution in [0.25, 0.3) is 5.69 Å². The van der Waals surface area contributed by atoms with Crippen LogP contribution in [0.3, 0.4) is 0 Å². The van der Waals surface area contributed by atoms with Crippen molar-refractivity contribution >= 4 is 28.8 Å². The first-order valence-corrected chi connectivity index (χ1v) is 7.67. The Morgan fingerprint density at radius 3 is 2.52 bits per heavy atom. The maximum absolute atomic E-state index is 12.5. The van der Waals surface area contributed by atoms with Gasteiger partial charge in [0.15, 0.2) is 5.78 Å². The van der Waals surface area contributed by atoms with Gasteiger partial charge in [-0.2, -0.15) is 5.10 Å². The van der Waals surface area contributed by atoms with Gasteiger partial charge in [-0.3, -0.25) is 25.0 Å². The van der Waals surface area contributed by atoms with Crippen LogP contribution in [0.15, 0.2) is 48.8 Å². The van der Waals surface area contributed by atoms with Crippen LogP contribution < -0.4 is 0 Å². The molecule has 0 spiro atoms. The highest BCUT2D eigenvalue weighted by Crippen LogP contribution is 2.28. The minimum Gasteiger partial charge on any atom is -0.507 e. The fourth-order valence-corrected chi connectivity index (χ4v) is 2.55. The summed E-state index contributed by atoms with van der Waals surface area (Å²) >= 11 is 5.83. The summed E-state index contributed by atoms with van der Waals surface area (Å²) in [4.78, 5) is 33.1. The highest BCUT2D eigenvalue weighted by atomic mass is 35.5. The van der Waals surface area contributed by atoms with E-state index in [1.165, 1.54) is 24.4 Å². The number of phenolic OH excluding ortho intramolecular Hbond substituents is 1. The van der Waals surface area contributed by atoms with Crippen molar-refractivity contribution in [3.05, 3.63) is 85.2 Å². The predicted octanol–water partition coefficient (Wildman–Crippen LogP) is 3.28. The summed E-state index contributed by atoms with van der Waals surface area (Å²) in [7, 11) is 0. The van der Waals surface area contributed by atoms with Gasteiger partial charge in [0, 0.05) is 17.3 Å². The summed E-state index contributed by atoms with van der Waals surface area (Å²) < 4.78 is 1.05. The molecule has 0 fully saturated rings. The van der Waals surface area contributed by atoms with Gasteiger partial charge < -0.3 is 5.11 Å². The number of nitro benzene ring substituents is 2. The molecule has 1 N–H and O–H groups in total. The number of non-ortho nitro benzene ring substituents is 1. The molecule has 0 aliphatic carbocycles. The molecule has 1 heterocycles. The third kappa shape index (κ3) is 3.46. The second kappa shape index (κ2) is 6.84. The molecule has 0 atom stereocenters. The van der Waals surface area contributed by atoms with E-state index in [0.29, 0.717) is 0 Å². The number of carbonyl (C=O) groups excluding carboxylic acids is 1. The molecule has 0 amide bonds. The van der Waals surface area contributed by atoms with Gasteiger partial charge in [-0.1, -0.05) is 11.6 Å². The number of phenols is 1. The number of rotatable bonds is 5. The molecule has 136 valence electrons. The van der Waals surface area contributed by atoms with Crippen LogP contribution in [0.1, 0.15) is 15.9 Å². The zero-order valence-electron chi connectivity index (χ0n) is 13.3. The summed E-state index contributed by atoms with van der Waals surface area (Å²) in [5.74, 6) is -0.871. The first-order valence-electron chi connectivity index (χ1n) is 7.29. The topological polar surface area (TPSA) is 141 Å². The van der Waals surface area contributed by atoms with Crippen LogP contribution in [0.4, 0.5) is 11.4 Å². The smallest absolute Gasteiger partial charge is 0.301 e. The Labute approximate surface area is 155 Å². The maximum atomic E-state index is 12.5. The minimum absolute atomic E-state index is 0.0419. The van der Waals surface area contributed by atoms with Gasteiger partial charge in [-0.15, -0.1) is 0 Å². The zero-order valence-corrected chi connectivity index (χ0v) is 14.0. The molecule has 0 aliphatic heterocycles. The predicted molar refractivity (Wildman–Crippen MR) is 93.4 cm³/mol. The lowest BCUT2D eigenvalue weighted by atomic mass is 10.1. The Kier molecular flexibility index (Phi) is 4.57. The van der Waals surface area contributed by atoms with Crippen molar-refractivity contribution in [2.24, 2.45) is 0 Å². The van der Waals surface area contributed by atoms with Gasteiger partial charge >= 0.3 is 5.69 Å². The quantitative estimate of drug-likeness (QED) is 0.401. The molecule has 10 nitrogen and oxygen atoms in total. The SMILES string of the molecule is O=C(c1cnn(-c2ccc([N+](=O)[O-])cc2[N+](=O)[O-])c1)c1cc(Cl)ccc1O. The number of nitrogens with zero attached hydrogens (tertiary/aromatic N) is 4. The van der Waals surface area contributed by atoms with Crippen LogP contribution in [0.5, 0.6) is 5.75 Å². The lowest BCUT2D eigenvalue weighted by Crippen LogP contribution is -2.03. The van der Waals surface area contributed by atoms with E-state index < -0.39 is 27.0 Å². The Bertz CT molecular complexity index is 1090. The van der Waals surface area contributed by atoms with E-state index in [1.807, 2.05) is 0 Å². The number of halogens is 1. The Balaban J connectivity index is 2.03. The minimum atomic E-state index is -0.783. The molecule has 27 heavy (non-hydrogen) atoms. The van der Waals surface area contributed by atoms with Crippen molar-refractivity contribution in [3.8, 4) is 11.4 Å². The number of aromatic nitrogens is 2. The molecular formula is C16H9ClN4O6. The van der Waals surface area contributed by atoms with Crippen LogP contribution >= 0.6 is 11.6 Å². The summed E-state index contributed by atoms with van der Waals surface area (Å²) in [5, 5.41) is 36.0. The van der Waals surface area contributed by atoms with Crippen molar-refractivity contribution < 1.29 is 19.7 Å². The molecule has 0 radical (unpaired) electrons. The van der Waals surface area contributed by atoms with Gasteiger partial charge in [-0.05, 0) is 24.3 Å². The lowest BCUT2D eigenvalue weighted by molar-refractivity contribution is -0.394. The summed E-state index contributed by atoms with van der Waals surface area (Å²) in [5.41, 5.74) is -1.06. The van der Waals surface area contributed by atoms with E-state index in [4.69, 9.17) is 11.6 Å². The van der Waals surface area contributed by atoms with Crippen LogP contribution in [0, 0.1) is 20.2 Å². The third-order valence-electron chi connectivity index (χ3n) is 3.66. The van der Waals surface area contributed by atoms with Gasteiger partial charge in [0.25, 0.3) is 5.69 Å². The Morgan fingerprint density at radius 2 is 1.85 bits per heavy atom. The number of ketones is 1. The van der Waals surface area contributed by atoms with E-state index in [0.717, 1.165) is 29.1 Å². The number of aromatic hydroxyl groups is 1. The van der Waals surface area contributed by atoms with Crippen LogP contribution in [0.2, 0.25) is 5.02 Å². The molecule has 2 aromatic carbocycles. The monoisotopic (exact) mass is 388 g/mol. The standard InChI is InChI=1S/C16H9ClN4O6/c17-10-1-4-15(22)12(5-10)16(23)9-7-18-19(8-9)13-3-2-11(20(24)25)6-14(13)21(26)27/h1-8,22H. The van der Waals surface area contributed by atoms with E-state index in [-0.39, 0.29) is 27.6 Å². The molecule has 3 aromatic rings. The molecule has 0 saturated heterocycles. The highest BCUT2D eigenvalue weighted by Gasteiger charge is 2.23. The maximum Gasteiger partial charge on any atom is 0.301 e. The van der Waals surface area contributed by atoms with E-state index >= 15 is 0 Å². The molecule has 0 aliphatic rings. The number of hydrogen-bond donors (Lipinski definition) is 1. The fraction of sp³-hybridized carbons (Fsp3) is 0. The molecule has 0 saturated carbocycles. The number of benzene rings is 2. The average Bonchev–Trinajstić information content (AvgIpc) is 3.12. The Morgan fingerprint density at radius 1 is 1.11 bits per heavy atom. The number of hydrogen-bond acceptors (Lipinski definition) is 7. The van der Waals surface area contributed by atoms with Crippen molar-refractivity contribution in [2.75, 3.05) is 0 Å². The summed E-state index contributed by atoms with van der Waals surface area (Å²) in [6, 6.07) is 7.02. The van der Waals surface area contributed by atoms with Gasteiger partial charge in [0.2, 0.25) is 0 Å². The van der Waals surface area contributed by atoms with E-state index in [2.05, 4.69) is 5.10 Å². The molecule has 11 heteroatoms. The van der Waals surface area contributed by atoms with Gasteiger partial charge in [0.05, 0.1) is 33.2 Å². The van der Waals surface area contributed by atoms with Crippen molar-refractivity contribution in [2.45, 2.75) is 0 Å².